The van der Waals surface area contributed by atoms with Crippen molar-refractivity contribution in [3.05, 3.63) is 23.8 Å². The average Bonchev–Trinajstić information content (AvgIpc) is 2.07. The quantitative estimate of drug-likeness (QED) is 0.478. The molecule has 0 aliphatic heterocycles. The van der Waals surface area contributed by atoms with Crippen LogP contribution in [-0.4, -0.2) is 19.9 Å². The van der Waals surface area contributed by atoms with Gasteiger partial charge in [0.05, 0.1) is 6.34 Å². The molecule has 0 aromatic heterocycles. The average molecular weight is 150 g/mol. The van der Waals surface area contributed by atoms with Crippen molar-refractivity contribution in [2.75, 3.05) is 13.6 Å². The molecular formula is C9H14N2. The summed E-state index contributed by atoms with van der Waals surface area (Å²) >= 11 is 0. The van der Waals surface area contributed by atoms with Crippen molar-refractivity contribution in [2.24, 2.45) is 4.99 Å². The number of rotatable bonds is 3. The highest BCUT2D eigenvalue weighted by atomic mass is 14.9. The van der Waals surface area contributed by atoms with Gasteiger partial charge in [-0.05, 0) is 12.8 Å². The summed E-state index contributed by atoms with van der Waals surface area (Å²) in [5, 5.41) is 3.11. The molecule has 0 heterocycles. The standard InChI is InChI=1S/C9H14N2/c1-10-8-11-7-9-5-3-2-4-6-9/h2-3,5,8H,4,6-7H2,1H3,(H,10,11). The van der Waals surface area contributed by atoms with Gasteiger partial charge in [-0.25, -0.2) is 0 Å². The minimum Gasteiger partial charge on any atom is -0.373 e. The molecular weight excluding hydrogens is 136 g/mol. The predicted molar refractivity (Wildman–Crippen MR) is 48.9 cm³/mol. The number of nitrogens with zero attached hydrogens (tertiary/aromatic N) is 1. The van der Waals surface area contributed by atoms with Crippen LogP contribution in [0.15, 0.2) is 28.8 Å². The van der Waals surface area contributed by atoms with Gasteiger partial charge in [0.2, 0.25) is 0 Å². The first kappa shape index (κ1) is 8.05. The second-order valence-corrected chi connectivity index (χ2v) is 2.56. The van der Waals surface area contributed by atoms with Crippen LogP contribution in [0.5, 0.6) is 0 Å². The molecule has 1 aliphatic carbocycles. The normalized spacial score (nSPS) is 17.0. The van der Waals surface area contributed by atoms with E-state index in [1.54, 1.807) is 13.4 Å². The Morgan fingerprint density at radius 2 is 2.64 bits per heavy atom. The van der Waals surface area contributed by atoms with Gasteiger partial charge in [-0.1, -0.05) is 23.8 Å². The zero-order valence-electron chi connectivity index (χ0n) is 6.88. The maximum atomic E-state index is 3.84. The third-order valence-electron chi connectivity index (χ3n) is 1.65. The first-order valence-corrected chi connectivity index (χ1v) is 3.92. The van der Waals surface area contributed by atoms with Crippen molar-refractivity contribution < 1.29 is 0 Å². The van der Waals surface area contributed by atoms with E-state index in [4.69, 9.17) is 0 Å². The first-order chi connectivity index (χ1) is 5.43. The van der Waals surface area contributed by atoms with Gasteiger partial charge in [-0.2, -0.15) is 0 Å². The Bertz CT molecular complexity index is 190. The Labute approximate surface area is 67.7 Å². The summed E-state index contributed by atoms with van der Waals surface area (Å²) in [6.45, 7) is 0.932. The Morgan fingerprint density at radius 1 is 1.73 bits per heavy atom. The Kier molecular flexibility index (Phi) is 3.45. The number of aliphatic imine (C=N–C) groups is 1. The highest BCUT2D eigenvalue weighted by Crippen LogP contribution is 2.09. The van der Waals surface area contributed by atoms with E-state index in [-0.39, 0.29) is 0 Å². The lowest BCUT2D eigenvalue weighted by molar-refractivity contribution is 0.874. The van der Waals surface area contributed by atoms with Gasteiger partial charge in [-0.15, -0.1) is 0 Å². The molecule has 0 spiro atoms. The van der Waals surface area contributed by atoms with Gasteiger partial charge in [0.1, 0.15) is 0 Å². The van der Waals surface area contributed by atoms with Crippen LogP contribution in [0.2, 0.25) is 0 Å². The minimum atomic E-state index is 0.932. The zero-order chi connectivity index (χ0) is 7.94. The monoisotopic (exact) mass is 150 g/mol. The van der Waals surface area contributed by atoms with Gasteiger partial charge in [0.25, 0.3) is 0 Å². The molecule has 0 amide bonds. The first-order valence-electron chi connectivity index (χ1n) is 3.92. The molecule has 0 aromatic carbocycles. The summed E-state index contributed by atoms with van der Waals surface area (Å²) in [6.07, 6.45) is 10.6. The van der Waals surface area contributed by atoms with Crippen LogP contribution in [0.4, 0.5) is 0 Å². The molecule has 60 valence electrons. The summed E-state index contributed by atoms with van der Waals surface area (Å²) in [4.78, 5) is 3.84. The zero-order valence-corrected chi connectivity index (χ0v) is 6.88. The van der Waals surface area contributed by atoms with E-state index >= 15 is 0 Å². The summed E-state index contributed by atoms with van der Waals surface area (Å²) in [5.41, 5.74) is 1.45. The van der Waals surface area contributed by atoms with Gasteiger partial charge in [0, 0.05) is 13.6 Å². The maximum Gasteiger partial charge on any atom is 0.0822 e. The van der Waals surface area contributed by atoms with Crippen molar-refractivity contribution in [1.82, 2.24) is 5.32 Å². The molecule has 2 heteroatoms. The number of hydrogen-bond donors (Lipinski definition) is 1. The van der Waals surface area contributed by atoms with Crippen LogP contribution in [-0.2, 0) is 0 Å². The van der Waals surface area contributed by atoms with E-state index in [1.165, 1.54) is 18.4 Å². The molecule has 0 atom stereocenters. The third kappa shape index (κ3) is 3.03. The van der Waals surface area contributed by atoms with E-state index in [0.717, 1.165) is 6.54 Å². The van der Waals surface area contributed by atoms with Crippen molar-refractivity contribution >= 4 is 6.34 Å². The molecule has 2 nitrogen and oxygen atoms in total. The molecule has 0 aromatic rings. The van der Waals surface area contributed by atoms with Gasteiger partial charge in [-0.3, -0.25) is 4.99 Å². The van der Waals surface area contributed by atoms with Crippen molar-refractivity contribution in [2.45, 2.75) is 12.8 Å². The molecule has 1 N–H and O–H groups in total. The summed E-state index contributed by atoms with van der Waals surface area (Å²) in [5.74, 6) is 0. The van der Waals surface area contributed by atoms with E-state index in [2.05, 4.69) is 28.5 Å². The summed E-state index contributed by atoms with van der Waals surface area (Å²) in [7, 11) is 1.77. The van der Waals surface area contributed by atoms with Crippen LogP contribution in [0, 0.1) is 0 Å². The van der Waals surface area contributed by atoms with Crippen molar-refractivity contribution in [3.8, 4) is 0 Å². The summed E-state index contributed by atoms with van der Waals surface area (Å²) in [6, 6.07) is 0. The number of allylic oxidation sites excluding steroid dienone is 3. The van der Waals surface area contributed by atoms with E-state index in [0.29, 0.717) is 0 Å². The van der Waals surface area contributed by atoms with Gasteiger partial charge >= 0.3 is 0 Å². The lowest BCUT2D eigenvalue weighted by atomic mass is 10.1. The van der Waals surface area contributed by atoms with E-state index < -0.39 is 0 Å². The SMILES string of the molecule is CN=CNCC1=CC=CCC1. The van der Waals surface area contributed by atoms with Crippen LogP contribution in [0.25, 0.3) is 0 Å². The Morgan fingerprint density at radius 3 is 3.27 bits per heavy atom. The molecule has 1 rings (SSSR count). The molecule has 11 heavy (non-hydrogen) atoms. The van der Waals surface area contributed by atoms with Crippen molar-refractivity contribution in [3.63, 3.8) is 0 Å². The van der Waals surface area contributed by atoms with Crippen LogP contribution in [0.1, 0.15) is 12.8 Å². The smallest absolute Gasteiger partial charge is 0.0822 e. The van der Waals surface area contributed by atoms with E-state index in [1.807, 2.05) is 0 Å². The molecule has 0 saturated heterocycles. The number of hydrogen-bond acceptors (Lipinski definition) is 1. The highest BCUT2D eigenvalue weighted by Gasteiger charge is 1.96. The predicted octanol–water partition coefficient (Wildman–Crippen LogP) is 1.51. The summed E-state index contributed by atoms with van der Waals surface area (Å²) < 4.78 is 0. The second kappa shape index (κ2) is 4.72. The molecule has 0 bridgehead atoms. The topological polar surface area (TPSA) is 24.4 Å². The van der Waals surface area contributed by atoms with Gasteiger partial charge in [0.15, 0.2) is 0 Å². The fourth-order valence-corrected chi connectivity index (χ4v) is 1.07. The van der Waals surface area contributed by atoms with Gasteiger partial charge < -0.3 is 5.32 Å². The fraction of sp³-hybridized carbons (Fsp3) is 0.444. The third-order valence-corrected chi connectivity index (χ3v) is 1.65. The van der Waals surface area contributed by atoms with Crippen LogP contribution >= 0.6 is 0 Å². The molecule has 0 radical (unpaired) electrons. The minimum absolute atomic E-state index is 0.932. The van der Waals surface area contributed by atoms with E-state index in [9.17, 15) is 0 Å². The molecule has 1 aliphatic rings. The molecule has 0 unspecified atom stereocenters. The van der Waals surface area contributed by atoms with Crippen LogP contribution < -0.4 is 5.32 Å². The Hall–Kier alpha value is -1.05. The fourth-order valence-electron chi connectivity index (χ4n) is 1.07. The molecule has 0 saturated carbocycles. The number of nitrogens with one attached hydrogen (secondary N) is 1. The highest BCUT2D eigenvalue weighted by molar-refractivity contribution is 5.54. The lowest BCUT2D eigenvalue weighted by Crippen LogP contribution is -2.15. The maximum absolute atomic E-state index is 3.84. The molecule has 0 fully saturated rings. The lowest BCUT2D eigenvalue weighted by Gasteiger charge is -2.07. The largest absolute Gasteiger partial charge is 0.373 e. The van der Waals surface area contributed by atoms with Crippen LogP contribution in [0.3, 0.4) is 0 Å². The Balaban J connectivity index is 2.25. The van der Waals surface area contributed by atoms with Crippen molar-refractivity contribution in [1.29, 1.82) is 0 Å². The second-order valence-electron chi connectivity index (χ2n) is 2.56.